The van der Waals surface area contributed by atoms with Crippen molar-refractivity contribution < 1.29 is 0 Å². The van der Waals surface area contributed by atoms with E-state index in [9.17, 15) is 5.26 Å². The highest BCUT2D eigenvalue weighted by Gasteiger charge is 2.36. The molecule has 0 radical (unpaired) electrons. The van der Waals surface area contributed by atoms with Gasteiger partial charge in [0.15, 0.2) is 0 Å². The predicted octanol–water partition coefficient (Wildman–Crippen LogP) is 3.64. The maximum atomic E-state index is 9.41. The van der Waals surface area contributed by atoms with Crippen LogP contribution in [0.5, 0.6) is 0 Å². The molecule has 1 aliphatic rings. The molecule has 0 bridgehead atoms. The Morgan fingerprint density at radius 2 is 1.87 bits per heavy atom. The van der Waals surface area contributed by atoms with Crippen LogP contribution in [0.25, 0.3) is 0 Å². The Kier molecular flexibility index (Phi) is 2.52. The lowest BCUT2D eigenvalue weighted by atomic mass is 9.78. The van der Waals surface area contributed by atoms with Gasteiger partial charge in [0, 0.05) is 0 Å². The highest BCUT2D eigenvalue weighted by atomic mass is 14.4. The summed E-state index contributed by atoms with van der Waals surface area (Å²) < 4.78 is 0. The Bertz CT molecular complexity index is 406. The first kappa shape index (κ1) is 10.2. The van der Waals surface area contributed by atoms with Gasteiger partial charge in [0.25, 0.3) is 0 Å². The Morgan fingerprint density at radius 1 is 1.20 bits per heavy atom. The van der Waals surface area contributed by atoms with Crippen molar-refractivity contribution in [3.63, 3.8) is 0 Å². The van der Waals surface area contributed by atoms with Gasteiger partial charge >= 0.3 is 0 Å². The fourth-order valence-corrected chi connectivity index (χ4v) is 2.77. The molecule has 1 heteroatoms. The van der Waals surface area contributed by atoms with Crippen molar-refractivity contribution in [3.8, 4) is 6.07 Å². The lowest BCUT2D eigenvalue weighted by Crippen LogP contribution is -2.20. The van der Waals surface area contributed by atoms with Gasteiger partial charge < -0.3 is 0 Å². The normalized spacial score (nSPS) is 18.7. The molecule has 1 fully saturated rings. The van der Waals surface area contributed by atoms with Crippen molar-refractivity contribution in [2.45, 2.75) is 44.9 Å². The molecule has 0 unspecified atom stereocenters. The van der Waals surface area contributed by atoms with Gasteiger partial charge in [-0.2, -0.15) is 5.26 Å². The monoisotopic (exact) mass is 199 g/mol. The maximum Gasteiger partial charge on any atom is 0.0825 e. The van der Waals surface area contributed by atoms with Gasteiger partial charge in [0.2, 0.25) is 0 Å². The Labute approximate surface area is 91.7 Å². The highest BCUT2D eigenvalue weighted by Crippen LogP contribution is 2.41. The van der Waals surface area contributed by atoms with Crippen LogP contribution in [-0.4, -0.2) is 0 Å². The summed E-state index contributed by atoms with van der Waals surface area (Å²) in [5.41, 5.74) is 3.63. The van der Waals surface area contributed by atoms with Crippen LogP contribution in [0.1, 0.15) is 42.4 Å². The smallest absolute Gasteiger partial charge is 0.0825 e. The van der Waals surface area contributed by atoms with E-state index in [1.807, 2.05) is 0 Å². The molecular weight excluding hydrogens is 182 g/mol. The molecule has 15 heavy (non-hydrogen) atoms. The van der Waals surface area contributed by atoms with E-state index in [-0.39, 0.29) is 5.41 Å². The first-order valence-electron chi connectivity index (χ1n) is 5.67. The Balaban J connectivity index is 2.48. The first-order chi connectivity index (χ1) is 7.18. The van der Waals surface area contributed by atoms with E-state index in [4.69, 9.17) is 0 Å². The number of nitrogens with zero attached hydrogens (tertiary/aromatic N) is 1. The molecule has 0 N–H and O–H groups in total. The topological polar surface area (TPSA) is 23.8 Å². The molecule has 0 spiro atoms. The molecule has 0 atom stereocenters. The lowest BCUT2D eigenvalue weighted by molar-refractivity contribution is 0.569. The maximum absolute atomic E-state index is 9.41. The van der Waals surface area contributed by atoms with Gasteiger partial charge in [-0.1, -0.05) is 36.6 Å². The summed E-state index contributed by atoms with van der Waals surface area (Å²) in [6.45, 7) is 4.23. The van der Waals surface area contributed by atoms with Crippen LogP contribution < -0.4 is 0 Å². The molecule has 0 saturated heterocycles. The molecule has 0 heterocycles. The molecule has 0 amide bonds. The van der Waals surface area contributed by atoms with E-state index < -0.39 is 0 Å². The van der Waals surface area contributed by atoms with Crippen LogP contribution >= 0.6 is 0 Å². The van der Waals surface area contributed by atoms with Gasteiger partial charge in [-0.05, 0) is 37.8 Å². The zero-order valence-corrected chi connectivity index (χ0v) is 9.51. The third-order valence-electron chi connectivity index (χ3n) is 3.57. The number of benzene rings is 1. The minimum absolute atomic E-state index is 0.183. The summed E-state index contributed by atoms with van der Waals surface area (Å²) in [6, 6.07) is 9.02. The minimum Gasteiger partial charge on any atom is -0.197 e. The van der Waals surface area contributed by atoms with Crippen molar-refractivity contribution in [2.24, 2.45) is 0 Å². The van der Waals surface area contributed by atoms with Crippen molar-refractivity contribution >= 4 is 0 Å². The molecule has 2 rings (SSSR count). The van der Waals surface area contributed by atoms with Crippen LogP contribution in [0.3, 0.4) is 0 Å². The van der Waals surface area contributed by atoms with Gasteiger partial charge in [0.05, 0.1) is 11.5 Å². The number of hydrogen-bond donors (Lipinski definition) is 0. The van der Waals surface area contributed by atoms with E-state index in [0.717, 1.165) is 12.8 Å². The third kappa shape index (κ3) is 1.65. The first-order valence-corrected chi connectivity index (χ1v) is 5.67. The summed E-state index contributed by atoms with van der Waals surface area (Å²) in [7, 11) is 0. The van der Waals surface area contributed by atoms with E-state index in [2.05, 4.69) is 38.1 Å². The van der Waals surface area contributed by atoms with Crippen LogP contribution in [0.2, 0.25) is 0 Å². The van der Waals surface area contributed by atoms with Gasteiger partial charge in [-0.15, -0.1) is 0 Å². The molecule has 0 aromatic heterocycles. The summed E-state index contributed by atoms with van der Waals surface area (Å²) in [5, 5.41) is 9.41. The van der Waals surface area contributed by atoms with E-state index in [1.54, 1.807) is 0 Å². The largest absolute Gasteiger partial charge is 0.197 e. The predicted molar refractivity (Wildman–Crippen MR) is 61.7 cm³/mol. The van der Waals surface area contributed by atoms with E-state index in [1.165, 1.54) is 29.5 Å². The van der Waals surface area contributed by atoms with E-state index in [0.29, 0.717) is 0 Å². The standard InChI is InChI=1S/C14H17N/c1-11-5-6-13(12(2)9-11)14(10-15)7-3-4-8-14/h5-6,9H,3-4,7-8H2,1-2H3. The fourth-order valence-electron chi connectivity index (χ4n) is 2.77. The number of nitriles is 1. The van der Waals surface area contributed by atoms with Crippen molar-refractivity contribution in [1.29, 1.82) is 5.26 Å². The molecule has 1 aromatic carbocycles. The van der Waals surface area contributed by atoms with Crippen LogP contribution in [0.4, 0.5) is 0 Å². The zero-order valence-electron chi connectivity index (χ0n) is 9.51. The summed E-state index contributed by atoms with van der Waals surface area (Å²) in [6.07, 6.45) is 4.46. The van der Waals surface area contributed by atoms with Gasteiger partial charge in [-0.3, -0.25) is 0 Å². The van der Waals surface area contributed by atoms with E-state index >= 15 is 0 Å². The number of rotatable bonds is 1. The minimum atomic E-state index is -0.183. The Hall–Kier alpha value is -1.29. The van der Waals surface area contributed by atoms with Crippen LogP contribution in [0.15, 0.2) is 18.2 Å². The zero-order chi connectivity index (χ0) is 10.9. The molecule has 1 saturated carbocycles. The van der Waals surface area contributed by atoms with Crippen LogP contribution in [0, 0.1) is 25.2 Å². The third-order valence-corrected chi connectivity index (χ3v) is 3.57. The Morgan fingerprint density at radius 3 is 2.40 bits per heavy atom. The molecule has 1 nitrogen and oxygen atoms in total. The number of hydrogen-bond acceptors (Lipinski definition) is 1. The second-order valence-corrected chi connectivity index (χ2v) is 4.72. The average Bonchev–Trinajstić information content (AvgIpc) is 2.67. The highest BCUT2D eigenvalue weighted by molar-refractivity contribution is 5.41. The molecule has 1 aromatic rings. The van der Waals surface area contributed by atoms with Gasteiger partial charge in [-0.25, -0.2) is 0 Å². The van der Waals surface area contributed by atoms with Crippen molar-refractivity contribution in [3.05, 3.63) is 34.9 Å². The second-order valence-electron chi connectivity index (χ2n) is 4.72. The fraction of sp³-hybridized carbons (Fsp3) is 0.500. The molecule has 0 aliphatic heterocycles. The SMILES string of the molecule is Cc1ccc(C2(C#N)CCCC2)c(C)c1. The number of aryl methyl sites for hydroxylation is 2. The quantitative estimate of drug-likeness (QED) is 0.677. The summed E-state index contributed by atoms with van der Waals surface area (Å²) >= 11 is 0. The van der Waals surface area contributed by atoms with Crippen LogP contribution in [-0.2, 0) is 5.41 Å². The van der Waals surface area contributed by atoms with Crippen molar-refractivity contribution in [1.82, 2.24) is 0 Å². The van der Waals surface area contributed by atoms with Crippen molar-refractivity contribution in [2.75, 3.05) is 0 Å². The molecule has 78 valence electrons. The second kappa shape index (κ2) is 3.70. The average molecular weight is 199 g/mol. The summed E-state index contributed by atoms with van der Waals surface area (Å²) in [5.74, 6) is 0. The lowest BCUT2D eigenvalue weighted by Gasteiger charge is -2.23. The molecular formula is C14H17N. The van der Waals surface area contributed by atoms with Gasteiger partial charge in [0.1, 0.15) is 0 Å². The molecule has 1 aliphatic carbocycles. The summed E-state index contributed by atoms with van der Waals surface area (Å²) in [4.78, 5) is 0.